The van der Waals surface area contributed by atoms with Gasteiger partial charge in [0.15, 0.2) is 11.5 Å². The van der Waals surface area contributed by atoms with Crippen LogP contribution in [0.2, 0.25) is 5.02 Å². The third-order valence-corrected chi connectivity index (χ3v) is 12.5. The predicted molar refractivity (Wildman–Crippen MR) is 216 cm³/mol. The molecule has 5 aromatic rings. The number of carbonyl (C=O) groups excluding carboxylic acids is 4. The van der Waals surface area contributed by atoms with Gasteiger partial charge in [-0.1, -0.05) is 29.8 Å². The van der Waals surface area contributed by atoms with E-state index in [2.05, 4.69) is 20.5 Å². The molecule has 3 fully saturated rings. The number of aromatic nitrogens is 4. The molecule has 304 valence electrons. The zero-order valence-corrected chi connectivity index (χ0v) is 33.0. The van der Waals surface area contributed by atoms with Crippen LogP contribution in [0.5, 0.6) is 0 Å². The Hall–Kier alpha value is -6.20. The molecule has 0 radical (unpaired) electrons. The topological polar surface area (TPSA) is 174 Å². The smallest absolute Gasteiger partial charge is 0.328 e. The summed E-state index contributed by atoms with van der Waals surface area (Å²) in [5.74, 6) is -4.12. The number of benzene rings is 2. The highest BCUT2D eigenvalue weighted by Gasteiger charge is 2.62. The number of amides is 5. The van der Waals surface area contributed by atoms with Gasteiger partial charge in [0.25, 0.3) is 17.7 Å². The number of piperidine rings is 1. The van der Waals surface area contributed by atoms with Gasteiger partial charge in [-0.05, 0) is 60.7 Å². The van der Waals surface area contributed by atoms with Crippen molar-refractivity contribution in [2.45, 2.75) is 38.7 Å². The van der Waals surface area contributed by atoms with Crippen molar-refractivity contribution < 1.29 is 28.0 Å². The summed E-state index contributed by atoms with van der Waals surface area (Å²) in [5.41, 5.74) is 11.5. The van der Waals surface area contributed by atoms with Crippen LogP contribution >= 0.6 is 11.6 Å². The van der Waals surface area contributed by atoms with Crippen LogP contribution < -0.4 is 26.2 Å². The first kappa shape index (κ1) is 38.3. The normalized spacial score (nSPS) is 18.6. The minimum atomic E-state index is -3.13. The van der Waals surface area contributed by atoms with E-state index in [1.54, 1.807) is 20.2 Å². The molecule has 3 saturated heterocycles. The largest absolute Gasteiger partial charge is 0.385 e. The number of urea groups is 1. The highest BCUT2D eigenvalue weighted by atomic mass is 35.5. The average molecular weight is 824 g/mol. The first-order valence-electron chi connectivity index (χ1n) is 19.3. The first-order chi connectivity index (χ1) is 28.3. The SMILES string of the molecule is CNc1cc(N2CCc3c(-c4ccc(CN5CC6(CCN(C(=O)c7cc(Cl)c(C)c(N8CCC(=O)NC8=O)c7)CC6(F)F)C5)cn4)cccc32)nn2c(C(N)=O)cnc12. The van der Waals surface area contributed by atoms with Gasteiger partial charge in [-0.25, -0.2) is 23.1 Å². The maximum Gasteiger partial charge on any atom is 0.328 e. The fourth-order valence-electron chi connectivity index (χ4n) is 8.83. The lowest BCUT2D eigenvalue weighted by molar-refractivity contribution is -0.220. The number of hydrogen-bond acceptors (Lipinski definition) is 10. The Balaban J connectivity index is 0.853. The Kier molecular flexibility index (Phi) is 9.27. The van der Waals surface area contributed by atoms with E-state index >= 15 is 8.78 Å². The lowest BCUT2D eigenvalue weighted by Gasteiger charge is -2.57. The number of hydrogen-bond donors (Lipinski definition) is 3. The Labute approximate surface area is 342 Å². The van der Waals surface area contributed by atoms with E-state index in [0.717, 1.165) is 39.4 Å². The van der Waals surface area contributed by atoms with Gasteiger partial charge in [0, 0.05) is 86.8 Å². The number of nitrogens with two attached hydrogens (primary N) is 1. The molecule has 15 nitrogen and oxygen atoms in total. The number of pyridine rings is 1. The summed E-state index contributed by atoms with van der Waals surface area (Å²) in [6.45, 7) is 2.71. The van der Waals surface area contributed by atoms with Crippen LogP contribution in [-0.4, -0.2) is 105 Å². The summed E-state index contributed by atoms with van der Waals surface area (Å²) in [5, 5.41) is 10.3. The van der Waals surface area contributed by atoms with E-state index in [-0.39, 0.29) is 55.3 Å². The number of imide groups is 1. The van der Waals surface area contributed by atoms with Gasteiger partial charge in [0.2, 0.25) is 5.91 Å². The van der Waals surface area contributed by atoms with Crippen molar-refractivity contribution in [3.8, 4) is 11.3 Å². The number of nitrogens with zero attached hydrogens (tertiary/aromatic N) is 8. The van der Waals surface area contributed by atoms with E-state index in [1.165, 1.54) is 27.7 Å². The van der Waals surface area contributed by atoms with Crippen LogP contribution in [-0.2, 0) is 17.8 Å². The molecule has 1 spiro atoms. The number of halogens is 3. The lowest BCUT2D eigenvalue weighted by atomic mass is 9.69. The molecule has 4 aliphatic rings. The summed E-state index contributed by atoms with van der Waals surface area (Å²) in [6.07, 6.45) is 4.16. The molecule has 0 saturated carbocycles. The van der Waals surface area contributed by atoms with Crippen molar-refractivity contribution in [3.63, 3.8) is 0 Å². The second-order valence-corrected chi connectivity index (χ2v) is 16.0. The molecule has 7 heterocycles. The summed E-state index contributed by atoms with van der Waals surface area (Å²) in [6, 6.07) is 14.1. The Bertz CT molecular complexity index is 2580. The van der Waals surface area contributed by atoms with Crippen LogP contribution in [0.4, 0.5) is 36.5 Å². The second kappa shape index (κ2) is 14.3. The molecular formula is C41H40ClF2N11O4. The summed E-state index contributed by atoms with van der Waals surface area (Å²) in [7, 11) is 1.78. The third-order valence-electron chi connectivity index (χ3n) is 12.1. The number of likely N-dealkylation sites (tertiary alicyclic amines) is 2. The monoisotopic (exact) mass is 823 g/mol. The average Bonchev–Trinajstić information content (AvgIpc) is 3.84. The zero-order chi connectivity index (χ0) is 41.4. The first-order valence-corrected chi connectivity index (χ1v) is 19.7. The maximum atomic E-state index is 16.0. The predicted octanol–water partition coefficient (Wildman–Crippen LogP) is 5.02. The molecule has 9 rings (SSSR count). The van der Waals surface area contributed by atoms with Crippen molar-refractivity contribution >= 4 is 63.9 Å². The molecule has 0 atom stereocenters. The highest BCUT2D eigenvalue weighted by Crippen LogP contribution is 2.51. The maximum absolute atomic E-state index is 16.0. The number of carbonyl (C=O) groups is 4. The molecule has 4 aliphatic heterocycles. The van der Waals surface area contributed by atoms with Crippen molar-refractivity contribution in [3.05, 3.63) is 93.9 Å². The van der Waals surface area contributed by atoms with Crippen LogP contribution in [0, 0.1) is 12.3 Å². The van der Waals surface area contributed by atoms with Crippen LogP contribution in [0.25, 0.3) is 16.9 Å². The quantitative estimate of drug-likeness (QED) is 0.193. The Morgan fingerprint density at radius 2 is 1.76 bits per heavy atom. The molecule has 4 N–H and O–H groups in total. The zero-order valence-electron chi connectivity index (χ0n) is 32.3. The van der Waals surface area contributed by atoms with Gasteiger partial charge in [0.05, 0.1) is 35.2 Å². The fraction of sp³-hybridized carbons (Fsp3) is 0.341. The summed E-state index contributed by atoms with van der Waals surface area (Å²) < 4.78 is 33.4. The van der Waals surface area contributed by atoms with Crippen LogP contribution in [0.1, 0.15) is 50.4 Å². The van der Waals surface area contributed by atoms with Crippen LogP contribution in [0.3, 0.4) is 0 Å². The molecular weight excluding hydrogens is 784 g/mol. The van der Waals surface area contributed by atoms with Gasteiger partial charge in [-0.15, -0.1) is 5.10 Å². The molecule has 2 aromatic carbocycles. The minimum Gasteiger partial charge on any atom is -0.385 e. The number of primary amides is 1. The summed E-state index contributed by atoms with van der Waals surface area (Å²) in [4.78, 5) is 65.6. The van der Waals surface area contributed by atoms with Gasteiger partial charge in [-0.2, -0.15) is 0 Å². The van der Waals surface area contributed by atoms with E-state index in [9.17, 15) is 19.2 Å². The number of anilines is 4. The number of nitrogens with one attached hydrogen (secondary N) is 2. The van der Waals surface area contributed by atoms with Crippen LogP contribution in [0.15, 0.2) is 60.9 Å². The minimum absolute atomic E-state index is 0.0850. The van der Waals surface area contributed by atoms with E-state index in [1.807, 2.05) is 41.3 Å². The van der Waals surface area contributed by atoms with Gasteiger partial charge < -0.3 is 20.9 Å². The molecule has 0 aliphatic carbocycles. The van der Waals surface area contributed by atoms with Gasteiger partial charge >= 0.3 is 6.03 Å². The summed E-state index contributed by atoms with van der Waals surface area (Å²) >= 11 is 6.46. The van der Waals surface area contributed by atoms with E-state index in [0.29, 0.717) is 41.5 Å². The van der Waals surface area contributed by atoms with Crippen molar-refractivity contribution in [1.29, 1.82) is 0 Å². The van der Waals surface area contributed by atoms with Crippen molar-refractivity contribution in [2.75, 3.05) is 61.4 Å². The molecule has 0 unspecified atom stereocenters. The van der Waals surface area contributed by atoms with E-state index in [4.69, 9.17) is 27.4 Å². The molecule has 59 heavy (non-hydrogen) atoms. The van der Waals surface area contributed by atoms with Crippen molar-refractivity contribution in [2.24, 2.45) is 11.1 Å². The van der Waals surface area contributed by atoms with Gasteiger partial charge in [-0.3, -0.25) is 34.5 Å². The standard InChI is InChI=1S/C41H40ClF2N11O4/c1-23-28(42)14-25(15-32(23)54-12-9-35(56)49-39(54)59)38(58)52-13-10-40(41(43,44)22-52)20-51(21-40)19-24-6-7-29(47-17-24)26-4-3-5-31-27(26)8-11-53(31)34-16-30(46-2)37-48-18-33(36(45)57)55(37)50-34/h3-7,14-18,46H,8-13,19-22H2,1-2H3,(H2,45,57)(H,49,56,59). The number of imidazole rings is 1. The van der Waals surface area contributed by atoms with Gasteiger partial charge in [0.1, 0.15) is 5.69 Å². The molecule has 18 heteroatoms. The highest BCUT2D eigenvalue weighted by molar-refractivity contribution is 6.32. The lowest BCUT2D eigenvalue weighted by Crippen LogP contribution is -2.70. The Morgan fingerprint density at radius 1 is 0.966 bits per heavy atom. The number of alkyl halides is 2. The van der Waals surface area contributed by atoms with Crippen molar-refractivity contribution in [1.82, 2.24) is 34.7 Å². The third kappa shape index (κ3) is 6.48. The van der Waals surface area contributed by atoms with E-state index < -0.39 is 41.6 Å². The Morgan fingerprint density at radius 3 is 2.47 bits per heavy atom. The number of rotatable bonds is 8. The fourth-order valence-corrected chi connectivity index (χ4v) is 9.05. The molecule has 3 aromatic heterocycles. The number of fused-ring (bicyclic) bond motifs is 2. The molecule has 5 amide bonds. The second-order valence-electron chi connectivity index (χ2n) is 15.6. The molecule has 0 bridgehead atoms.